The average Bonchev–Trinajstić information content (AvgIpc) is 3.04. The SMILES string of the molecule is Cc1cccc(N2CC(C(=O)NCC(C)(C)N3CCCCC3)CC2=O)c1C. The standard InChI is InChI=1S/C22H33N3O2/c1-16-9-8-10-19(17(16)2)25-14-18(13-20(25)26)21(27)23-15-22(3,4)24-11-6-5-7-12-24/h8-10,18H,5-7,11-15H2,1-4H3,(H,23,27). The van der Waals surface area contributed by atoms with Gasteiger partial charge >= 0.3 is 0 Å². The molecule has 5 nitrogen and oxygen atoms in total. The first-order valence-electron chi connectivity index (χ1n) is 10.2. The Hall–Kier alpha value is -1.88. The van der Waals surface area contributed by atoms with Gasteiger partial charge in [-0.25, -0.2) is 0 Å². The van der Waals surface area contributed by atoms with Crippen molar-refractivity contribution < 1.29 is 9.59 Å². The van der Waals surface area contributed by atoms with Crippen LogP contribution in [0.3, 0.4) is 0 Å². The van der Waals surface area contributed by atoms with E-state index < -0.39 is 0 Å². The van der Waals surface area contributed by atoms with E-state index in [1.807, 2.05) is 32.0 Å². The monoisotopic (exact) mass is 371 g/mol. The van der Waals surface area contributed by atoms with E-state index in [4.69, 9.17) is 0 Å². The molecule has 2 saturated heterocycles. The number of hydrogen-bond acceptors (Lipinski definition) is 3. The average molecular weight is 372 g/mol. The van der Waals surface area contributed by atoms with Gasteiger partial charge in [0, 0.05) is 30.7 Å². The molecule has 0 spiro atoms. The lowest BCUT2D eigenvalue weighted by atomic mass is 9.98. The van der Waals surface area contributed by atoms with Gasteiger partial charge in [-0.05, 0) is 70.8 Å². The molecule has 2 fully saturated rings. The largest absolute Gasteiger partial charge is 0.354 e. The molecule has 1 aromatic carbocycles. The van der Waals surface area contributed by atoms with Crippen LogP contribution < -0.4 is 10.2 Å². The number of nitrogens with zero attached hydrogens (tertiary/aromatic N) is 2. The molecule has 148 valence electrons. The summed E-state index contributed by atoms with van der Waals surface area (Å²) >= 11 is 0. The highest BCUT2D eigenvalue weighted by molar-refractivity contribution is 6.00. The summed E-state index contributed by atoms with van der Waals surface area (Å²) in [6, 6.07) is 5.99. The number of benzene rings is 1. The van der Waals surface area contributed by atoms with Crippen molar-refractivity contribution in [3.63, 3.8) is 0 Å². The van der Waals surface area contributed by atoms with Crippen molar-refractivity contribution in [3.05, 3.63) is 29.3 Å². The second-order valence-corrected chi connectivity index (χ2v) is 8.70. The maximum atomic E-state index is 12.7. The number of rotatable bonds is 5. The fourth-order valence-corrected chi connectivity index (χ4v) is 4.20. The minimum Gasteiger partial charge on any atom is -0.354 e. The number of anilines is 1. The number of carbonyl (C=O) groups is 2. The van der Waals surface area contributed by atoms with E-state index in [1.165, 1.54) is 19.3 Å². The molecule has 1 unspecified atom stereocenters. The van der Waals surface area contributed by atoms with Crippen LogP contribution in [0.4, 0.5) is 5.69 Å². The van der Waals surface area contributed by atoms with Crippen LogP contribution in [-0.2, 0) is 9.59 Å². The van der Waals surface area contributed by atoms with Crippen LogP contribution in [0.1, 0.15) is 50.7 Å². The smallest absolute Gasteiger partial charge is 0.227 e. The molecule has 5 heteroatoms. The first-order valence-corrected chi connectivity index (χ1v) is 10.2. The Balaban J connectivity index is 1.60. The zero-order chi connectivity index (χ0) is 19.6. The van der Waals surface area contributed by atoms with Crippen molar-refractivity contribution in [2.45, 2.75) is 58.9 Å². The van der Waals surface area contributed by atoms with E-state index in [0.717, 1.165) is 29.9 Å². The van der Waals surface area contributed by atoms with Gasteiger partial charge in [-0.3, -0.25) is 14.5 Å². The molecule has 0 radical (unpaired) electrons. The predicted molar refractivity (Wildman–Crippen MR) is 109 cm³/mol. The van der Waals surface area contributed by atoms with Gasteiger partial charge in [0.2, 0.25) is 11.8 Å². The Bertz CT molecular complexity index is 708. The zero-order valence-corrected chi connectivity index (χ0v) is 17.2. The van der Waals surface area contributed by atoms with Gasteiger partial charge in [-0.1, -0.05) is 18.6 Å². The third-order valence-corrected chi connectivity index (χ3v) is 6.27. The summed E-state index contributed by atoms with van der Waals surface area (Å²) in [5, 5.41) is 3.12. The van der Waals surface area contributed by atoms with Crippen LogP contribution in [-0.4, -0.2) is 48.4 Å². The molecular formula is C22H33N3O2. The second-order valence-electron chi connectivity index (χ2n) is 8.70. The van der Waals surface area contributed by atoms with Crippen molar-refractivity contribution in [1.29, 1.82) is 0 Å². The van der Waals surface area contributed by atoms with Crippen molar-refractivity contribution in [1.82, 2.24) is 10.2 Å². The second kappa shape index (κ2) is 8.01. The lowest BCUT2D eigenvalue weighted by molar-refractivity contribution is -0.126. The fraction of sp³-hybridized carbons (Fsp3) is 0.636. The highest BCUT2D eigenvalue weighted by Crippen LogP contribution is 2.29. The number of carbonyl (C=O) groups excluding carboxylic acids is 2. The van der Waals surface area contributed by atoms with Crippen molar-refractivity contribution >= 4 is 17.5 Å². The van der Waals surface area contributed by atoms with E-state index in [-0.39, 0.29) is 23.3 Å². The molecule has 0 aromatic heterocycles. The number of piperidine rings is 1. The highest BCUT2D eigenvalue weighted by Gasteiger charge is 2.37. The van der Waals surface area contributed by atoms with Gasteiger partial charge in [-0.2, -0.15) is 0 Å². The number of aryl methyl sites for hydroxylation is 1. The molecule has 2 amide bonds. The van der Waals surface area contributed by atoms with E-state index in [2.05, 4.69) is 24.1 Å². The van der Waals surface area contributed by atoms with Gasteiger partial charge in [0.25, 0.3) is 0 Å². The van der Waals surface area contributed by atoms with Crippen molar-refractivity contribution in [3.8, 4) is 0 Å². The molecular weight excluding hydrogens is 338 g/mol. The van der Waals surface area contributed by atoms with E-state index in [1.54, 1.807) is 4.90 Å². The predicted octanol–water partition coefficient (Wildman–Crippen LogP) is 3.04. The normalized spacial score (nSPS) is 21.6. The molecule has 2 aliphatic rings. The minimum absolute atomic E-state index is 0.00115. The Morgan fingerprint density at radius 3 is 2.59 bits per heavy atom. The third-order valence-electron chi connectivity index (χ3n) is 6.27. The quantitative estimate of drug-likeness (QED) is 0.866. The van der Waals surface area contributed by atoms with Crippen LogP contribution >= 0.6 is 0 Å². The Labute approximate surface area is 163 Å². The highest BCUT2D eigenvalue weighted by atomic mass is 16.2. The molecule has 0 saturated carbocycles. The Morgan fingerprint density at radius 1 is 1.19 bits per heavy atom. The summed E-state index contributed by atoms with van der Waals surface area (Å²) in [6.45, 7) is 11.8. The Morgan fingerprint density at radius 2 is 1.89 bits per heavy atom. The zero-order valence-electron chi connectivity index (χ0n) is 17.2. The molecule has 1 aromatic rings. The van der Waals surface area contributed by atoms with Gasteiger partial charge in [-0.15, -0.1) is 0 Å². The molecule has 3 rings (SSSR count). The lowest BCUT2D eigenvalue weighted by Gasteiger charge is -2.41. The fourth-order valence-electron chi connectivity index (χ4n) is 4.20. The lowest BCUT2D eigenvalue weighted by Crippen LogP contribution is -2.54. The summed E-state index contributed by atoms with van der Waals surface area (Å²) in [5.41, 5.74) is 3.16. The molecule has 2 heterocycles. The van der Waals surface area contributed by atoms with Gasteiger partial charge in [0.05, 0.1) is 5.92 Å². The molecule has 27 heavy (non-hydrogen) atoms. The van der Waals surface area contributed by atoms with Gasteiger partial charge < -0.3 is 10.2 Å². The first-order chi connectivity index (χ1) is 12.8. The maximum absolute atomic E-state index is 12.7. The molecule has 1 N–H and O–H groups in total. The molecule has 2 aliphatic heterocycles. The number of amides is 2. The summed E-state index contributed by atoms with van der Waals surface area (Å²) in [7, 11) is 0. The van der Waals surface area contributed by atoms with E-state index in [0.29, 0.717) is 19.5 Å². The van der Waals surface area contributed by atoms with Gasteiger partial charge in [0.15, 0.2) is 0 Å². The first kappa shape index (κ1) is 19.9. The van der Waals surface area contributed by atoms with Crippen molar-refractivity contribution in [2.75, 3.05) is 31.1 Å². The van der Waals surface area contributed by atoms with E-state index in [9.17, 15) is 9.59 Å². The topological polar surface area (TPSA) is 52.7 Å². The Kier molecular flexibility index (Phi) is 5.89. The molecule has 0 aliphatic carbocycles. The van der Waals surface area contributed by atoms with Crippen LogP contribution in [0.5, 0.6) is 0 Å². The minimum atomic E-state index is -0.269. The van der Waals surface area contributed by atoms with Crippen LogP contribution in [0, 0.1) is 19.8 Å². The molecule has 1 atom stereocenters. The van der Waals surface area contributed by atoms with Crippen molar-refractivity contribution in [2.24, 2.45) is 5.92 Å². The van der Waals surface area contributed by atoms with E-state index >= 15 is 0 Å². The van der Waals surface area contributed by atoms with Crippen LogP contribution in [0.2, 0.25) is 0 Å². The number of hydrogen-bond donors (Lipinski definition) is 1. The molecule has 0 bridgehead atoms. The summed E-state index contributed by atoms with van der Waals surface area (Å²) in [5.74, 6) is -0.227. The van der Waals surface area contributed by atoms with Gasteiger partial charge in [0.1, 0.15) is 0 Å². The summed E-state index contributed by atoms with van der Waals surface area (Å²) in [4.78, 5) is 29.5. The van der Waals surface area contributed by atoms with Crippen LogP contribution in [0.15, 0.2) is 18.2 Å². The number of nitrogens with one attached hydrogen (secondary N) is 1. The summed E-state index contributed by atoms with van der Waals surface area (Å²) < 4.78 is 0. The third kappa shape index (κ3) is 4.34. The van der Waals surface area contributed by atoms with Crippen LogP contribution in [0.25, 0.3) is 0 Å². The maximum Gasteiger partial charge on any atom is 0.227 e. The number of likely N-dealkylation sites (tertiary alicyclic amines) is 1. The summed E-state index contributed by atoms with van der Waals surface area (Å²) in [6.07, 6.45) is 4.07.